The fourth-order valence-electron chi connectivity index (χ4n) is 1.68. The number of hydrogen-bond acceptors (Lipinski definition) is 1. The van der Waals surface area contributed by atoms with Crippen molar-refractivity contribution in [1.82, 2.24) is 5.32 Å². The van der Waals surface area contributed by atoms with Gasteiger partial charge in [-0.15, -0.1) is 0 Å². The van der Waals surface area contributed by atoms with Crippen LogP contribution in [0, 0.1) is 6.92 Å². The summed E-state index contributed by atoms with van der Waals surface area (Å²) in [5.41, 5.74) is 0.214. The van der Waals surface area contributed by atoms with Crippen molar-refractivity contribution in [2.75, 3.05) is 7.05 Å². The summed E-state index contributed by atoms with van der Waals surface area (Å²) in [4.78, 5) is 0. The lowest BCUT2D eigenvalue weighted by Crippen LogP contribution is -2.38. The topological polar surface area (TPSA) is 12.0 Å². The van der Waals surface area contributed by atoms with Crippen molar-refractivity contribution in [3.63, 3.8) is 0 Å². The summed E-state index contributed by atoms with van der Waals surface area (Å²) in [6, 6.07) is 4.53. The van der Waals surface area contributed by atoms with E-state index >= 15 is 0 Å². The molecule has 0 spiro atoms. The van der Waals surface area contributed by atoms with Crippen LogP contribution in [0.4, 0.5) is 13.2 Å². The van der Waals surface area contributed by atoms with E-state index in [2.05, 4.69) is 5.32 Å². The molecule has 0 fully saturated rings. The van der Waals surface area contributed by atoms with Crippen LogP contribution in [0.5, 0.6) is 0 Å². The number of aryl methyl sites for hydroxylation is 1. The number of likely N-dealkylation sites (N-methyl/N-ethyl adjacent to an activating group) is 1. The zero-order chi connectivity index (χ0) is 13.3. The lowest BCUT2D eigenvalue weighted by Gasteiger charge is -2.24. The molecule has 0 atom stereocenters. The predicted molar refractivity (Wildman–Crippen MR) is 63.0 cm³/mol. The average Bonchev–Trinajstić information content (AvgIpc) is 2.19. The molecule has 0 heterocycles. The Labute approximate surface area is 100 Å². The third-order valence-corrected chi connectivity index (χ3v) is 2.93. The van der Waals surface area contributed by atoms with Gasteiger partial charge in [-0.25, -0.2) is 0 Å². The van der Waals surface area contributed by atoms with Gasteiger partial charge in [0.1, 0.15) is 0 Å². The Morgan fingerprint density at radius 2 is 1.76 bits per heavy atom. The molecule has 1 N–H and O–H groups in total. The van der Waals surface area contributed by atoms with Gasteiger partial charge in [0.25, 0.3) is 0 Å². The van der Waals surface area contributed by atoms with E-state index in [0.717, 1.165) is 0 Å². The van der Waals surface area contributed by atoms with Gasteiger partial charge >= 0.3 is 6.18 Å². The molecule has 0 bridgehead atoms. The van der Waals surface area contributed by atoms with Crippen LogP contribution in [0.1, 0.15) is 30.5 Å². The van der Waals surface area contributed by atoms with Gasteiger partial charge in [0, 0.05) is 5.54 Å². The van der Waals surface area contributed by atoms with Crippen LogP contribution in [-0.2, 0) is 12.6 Å². The van der Waals surface area contributed by atoms with Crippen LogP contribution in [0.3, 0.4) is 0 Å². The number of hydrogen-bond donors (Lipinski definition) is 1. The molecular weight excluding hydrogens is 227 g/mol. The van der Waals surface area contributed by atoms with Gasteiger partial charge in [-0.2, -0.15) is 13.2 Å². The first-order chi connectivity index (χ1) is 7.65. The molecule has 0 unspecified atom stereocenters. The second-order valence-corrected chi connectivity index (χ2v) is 4.96. The van der Waals surface area contributed by atoms with E-state index < -0.39 is 11.7 Å². The van der Waals surface area contributed by atoms with E-state index in [-0.39, 0.29) is 11.1 Å². The Morgan fingerprint density at radius 1 is 1.18 bits per heavy atom. The summed E-state index contributed by atoms with van der Waals surface area (Å²) in [6.07, 6.45) is -3.71. The molecule has 0 radical (unpaired) electrons. The van der Waals surface area contributed by atoms with Gasteiger partial charge in [0.05, 0.1) is 5.56 Å². The summed E-state index contributed by atoms with van der Waals surface area (Å²) < 4.78 is 38.2. The Balaban J connectivity index is 3.06. The molecular formula is C13H18F3N. The fraction of sp³-hybridized carbons (Fsp3) is 0.538. The molecule has 96 valence electrons. The second kappa shape index (κ2) is 4.69. The quantitative estimate of drug-likeness (QED) is 0.858. The maximum atomic E-state index is 12.7. The van der Waals surface area contributed by atoms with Gasteiger partial charge in [0.2, 0.25) is 0 Å². The largest absolute Gasteiger partial charge is 0.416 e. The van der Waals surface area contributed by atoms with Crippen molar-refractivity contribution < 1.29 is 13.2 Å². The molecule has 0 aliphatic carbocycles. The highest BCUT2D eigenvalue weighted by molar-refractivity contribution is 5.34. The number of nitrogens with one attached hydrogen (secondary N) is 1. The maximum absolute atomic E-state index is 12.7. The maximum Gasteiger partial charge on any atom is 0.416 e. The monoisotopic (exact) mass is 245 g/mol. The highest BCUT2D eigenvalue weighted by atomic mass is 19.4. The van der Waals surface area contributed by atoms with Crippen molar-refractivity contribution in [2.24, 2.45) is 0 Å². The van der Waals surface area contributed by atoms with E-state index in [1.165, 1.54) is 19.1 Å². The molecule has 0 aromatic heterocycles. The number of benzene rings is 1. The number of alkyl halides is 3. The van der Waals surface area contributed by atoms with Gasteiger partial charge in [0.15, 0.2) is 0 Å². The first kappa shape index (κ1) is 14.0. The molecule has 0 saturated heterocycles. The standard InChI is InChI=1S/C13H18F3N/c1-9-5-6-10(8-12(2,3)17-4)7-11(9)13(14,15)16/h5-7,17H,8H2,1-4H3. The average molecular weight is 245 g/mol. The SMILES string of the molecule is CNC(C)(C)Cc1ccc(C)c(C(F)(F)F)c1. The highest BCUT2D eigenvalue weighted by Crippen LogP contribution is 2.32. The van der Waals surface area contributed by atoms with Gasteiger partial charge in [-0.3, -0.25) is 0 Å². The fourth-order valence-corrected chi connectivity index (χ4v) is 1.68. The Hall–Kier alpha value is -1.03. The summed E-state index contributed by atoms with van der Waals surface area (Å²) in [6.45, 7) is 5.40. The van der Waals surface area contributed by atoms with Crippen molar-refractivity contribution >= 4 is 0 Å². The summed E-state index contributed by atoms with van der Waals surface area (Å²) in [5.74, 6) is 0. The Kier molecular flexibility index (Phi) is 3.87. The molecule has 17 heavy (non-hydrogen) atoms. The molecule has 0 amide bonds. The Bertz CT molecular complexity index is 394. The summed E-state index contributed by atoms with van der Waals surface area (Å²) >= 11 is 0. The van der Waals surface area contributed by atoms with E-state index in [9.17, 15) is 13.2 Å². The smallest absolute Gasteiger partial charge is 0.314 e. The molecule has 1 nitrogen and oxygen atoms in total. The van der Waals surface area contributed by atoms with Gasteiger partial charge in [-0.05, 0) is 51.4 Å². The first-order valence-corrected chi connectivity index (χ1v) is 5.51. The van der Waals surface area contributed by atoms with Crippen LogP contribution in [0.15, 0.2) is 18.2 Å². The van der Waals surface area contributed by atoms with Crippen LogP contribution in [0.2, 0.25) is 0 Å². The molecule has 1 aromatic carbocycles. The summed E-state index contributed by atoms with van der Waals surface area (Å²) in [5, 5.41) is 3.08. The molecule has 1 rings (SSSR count). The molecule has 0 aliphatic rings. The minimum Gasteiger partial charge on any atom is -0.314 e. The lowest BCUT2D eigenvalue weighted by atomic mass is 9.93. The Morgan fingerprint density at radius 3 is 2.24 bits per heavy atom. The van der Waals surface area contributed by atoms with E-state index in [1.54, 1.807) is 13.1 Å². The van der Waals surface area contributed by atoms with Crippen molar-refractivity contribution in [1.29, 1.82) is 0 Å². The zero-order valence-corrected chi connectivity index (χ0v) is 10.6. The van der Waals surface area contributed by atoms with Crippen LogP contribution in [0.25, 0.3) is 0 Å². The van der Waals surface area contributed by atoms with Crippen molar-refractivity contribution in [3.8, 4) is 0 Å². The third-order valence-electron chi connectivity index (χ3n) is 2.93. The zero-order valence-electron chi connectivity index (χ0n) is 10.6. The van der Waals surface area contributed by atoms with Crippen LogP contribution in [-0.4, -0.2) is 12.6 Å². The minimum atomic E-state index is -4.27. The van der Waals surface area contributed by atoms with Crippen LogP contribution < -0.4 is 5.32 Å². The highest BCUT2D eigenvalue weighted by Gasteiger charge is 2.32. The normalized spacial score (nSPS) is 12.9. The third kappa shape index (κ3) is 3.73. The molecule has 0 aliphatic heterocycles. The predicted octanol–water partition coefficient (Wildman–Crippen LogP) is 3.55. The van der Waals surface area contributed by atoms with Gasteiger partial charge < -0.3 is 5.32 Å². The first-order valence-electron chi connectivity index (χ1n) is 5.51. The van der Waals surface area contributed by atoms with Gasteiger partial charge in [-0.1, -0.05) is 12.1 Å². The van der Waals surface area contributed by atoms with E-state index in [4.69, 9.17) is 0 Å². The molecule has 1 aromatic rings. The molecule has 0 saturated carbocycles. The van der Waals surface area contributed by atoms with E-state index in [1.807, 2.05) is 13.8 Å². The molecule has 4 heteroatoms. The van der Waals surface area contributed by atoms with Crippen molar-refractivity contribution in [3.05, 3.63) is 34.9 Å². The van der Waals surface area contributed by atoms with Crippen LogP contribution >= 0.6 is 0 Å². The second-order valence-electron chi connectivity index (χ2n) is 4.96. The minimum absolute atomic E-state index is 0.210. The lowest BCUT2D eigenvalue weighted by molar-refractivity contribution is -0.138. The number of halogens is 3. The van der Waals surface area contributed by atoms with E-state index in [0.29, 0.717) is 12.0 Å². The van der Waals surface area contributed by atoms with Crippen molar-refractivity contribution in [2.45, 2.75) is 38.9 Å². The number of rotatable bonds is 3. The summed E-state index contributed by atoms with van der Waals surface area (Å²) in [7, 11) is 1.80.